The van der Waals surface area contributed by atoms with E-state index in [9.17, 15) is 18.0 Å². The molecule has 146 valence electrons. The number of aliphatic hydroxyl groups excluding tert-OH is 1. The minimum absolute atomic E-state index is 0.186. The average Bonchev–Trinajstić information content (AvgIpc) is 2.62. The second-order valence-corrected chi connectivity index (χ2v) is 6.47. The first-order valence-corrected chi connectivity index (χ1v) is 8.29. The van der Waals surface area contributed by atoms with Gasteiger partial charge in [-0.25, -0.2) is 0 Å². The van der Waals surface area contributed by atoms with Gasteiger partial charge in [0.25, 0.3) is 5.91 Å². The van der Waals surface area contributed by atoms with Crippen molar-refractivity contribution in [2.45, 2.75) is 17.6 Å². The van der Waals surface area contributed by atoms with Gasteiger partial charge in [0.2, 0.25) is 0 Å². The molecule has 9 heteroatoms. The van der Waals surface area contributed by atoms with Crippen molar-refractivity contribution in [2.75, 3.05) is 18.5 Å². The van der Waals surface area contributed by atoms with Crippen molar-refractivity contribution in [3.63, 3.8) is 0 Å². The van der Waals surface area contributed by atoms with Crippen LogP contribution in [0.3, 0.4) is 0 Å². The van der Waals surface area contributed by atoms with Crippen molar-refractivity contribution in [1.82, 2.24) is 0 Å². The van der Waals surface area contributed by atoms with Crippen molar-refractivity contribution in [1.29, 1.82) is 0 Å². The van der Waals surface area contributed by atoms with Crippen LogP contribution in [0.2, 0.25) is 0 Å². The third kappa shape index (κ3) is 6.13. The molecule has 0 aliphatic carbocycles. The molecule has 1 atom stereocenters. The van der Waals surface area contributed by atoms with E-state index in [2.05, 4.69) is 5.32 Å². The Labute approximate surface area is 158 Å². The van der Waals surface area contributed by atoms with Crippen molar-refractivity contribution in [2.24, 2.45) is 5.73 Å². The van der Waals surface area contributed by atoms with Crippen molar-refractivity contribution >= 4 is 23.2 Å². The highest BCUT2D eigenvalue weighted by Crippen LogP contribution is 2.29. The van der Waals surface area contributed by atoms with Gasteiger partial charge in [-0.05, 0) is 35.9 Å². The monoisotopic (exact) mass is 402 g/mol. The highest BCUT2D eigenvalue weighted by atomic mass is 35.5. The molecule has 0 aliphatic heterocycles. The van der Waals surface area contributed by atoms with Gasteiger partial charge in [-0.3, -0.25) is 4.79 Å². The van der Waals surface area contributed by atoms with Crippen molar-refractivity contribution < 1.29 is 27.8 Å². The van der Waals surface area contributed by atoms with Crippen LogP contribution in [0.25, 0.3) is 0 Å². The van der Waals surface area contributed by atoms with E-state index in [1.165, 1.54) is 6.07 Å². The van der Waals surface area contributed by atoms with Gasteiger partial charge in [0.05, 0.1) is 18.8 Å². The highest BCUT2D eigenvalue weighted by Gasteiger charge is 2.31. The van der Waals surface area contributed by atoms with Gasteiger partial charge in [-0.1, -0.05) is 29.8 Å². The van der Waals surface area contributed by atoms with Gasteiger partial charge in [0.15, 0.2) is 5.00 Å². The summed E-state index contributed by atoms with van der Waals surface area (Å²) in [6, 6.07) is 11.3. The molecule has 27 heavy (non-hydrogen) atoms. The summed E-state index contributed by atoms with van der Waals surface area (Å²) in [6.45, 7) is -0.539. The van der Waals surface area contributed by atoms with Gasteiger partial charge in [-0.15, -0.1) is 0 Å². The number of carbonyl (C=O) groups excluding carboxylic acids is 1. The quantitative estimate of drug-likeness (QED) is 0.490. The molecular weight excluding hydrogens is 385 g/mol. The summed E-state index contributed by atoms with van der Waals surface area (Å²) in [5.74, 6) is -0.281. The molecule has 0 radical (unpaired) electrons. The van der Waals surface area contributed by atoms with Crippen LogP contribution >= 0.6 is 11.6 Å². The molecule has 0 aliphatic rings. The van der Waals surface area contributed by atoms with Crippen molar-refractivity contribution in [3.05, 3.63) is 59.7 Å². The average molecular weight is 403 g/mol. The van der Waals surface area contributed by atoms with E-state index in [4.69, 9.17) is 27.2 Å². The number of anilines is 1. The molecular formula is C18H18ClF3N2O3. The molecule has 2 aromatic carbocycles. The fourth-order valence-electron chi connectivity index (χ4n) is 2.13. The molecule has 0 spiro atoms. The van der Waals surface area contributed by atoms with E-state index >= 15 is 0 Å². The Morgan fingerprint density at radius 3 is 2.44 bits per heavy atom. The zero-order valence-corrected chi connectivity index (χ0v) is 14.8. The van der Waals surface area contributed by atoms with Gasteiger partial charge in [-0.2, -0.15) is 13.2 Å². The molecule has 0 heterocycles. The lowest BCUT2D eigenvalue weighted by atomic mass is 10.1. The molecule has 0 fully saturated rings. The van der Waals surface area contributed by atoms with Crippen LogP contribution in [-0.4, -0.2) is 29.2 Å². The lowest BCUT2D eigenvalue weighted by molar-refractivity contribution is -0.137. The topological polar surface area (TPSA) is 84.6 Å². The zero-order valence-electron chi connectivity index (χ0n) is 14.1. The molecule has 0 unspecified atom stereocenters. The number of halogens is 4. The number of nitrogens with two attached hydrogens (primary N) is 1. The number of benzene rings is 2. The van der Waals surface area contributed by atoms with Crippen LogP contribution < -0.4 is 15.8 Å². The number of rotatable bonds is 7. The summed E-state index contributed by atoms with van der Waals surface area (Å²) < 4.78 is 43.6. The summed E-state index contributed by atoms with van der Waals surface area (Å²) in [5, 5.41) is 11.4. The number of nitrogens with one attached hydrogen (secondary N) is 1. The Kier molecular flexibility index (Phi) is 6.69. The molecule has 2 rings (SSSR count). The fourth-order valence-corrected chi connectivity index (χ4v) is 2.18. The molecule has 0 aromatic heterocycles. The van der Waals surface area contributed by atoms with Gasteiger partial charge in [0.1, 0.15) is 5.75 Å². The van der Waals surface area contributed by atoms with E-state index in [-0.39, 0.29) is 6.61 Å². The third-order valence-electron chi connectivity index (χ3n) is 3.63. The molecule has 0 saturated carbocycles. The lowest BCUT2D eigenvalue weighted by Gasteiger charge is -2.18. The Bertz CT molecular complexity index is 780. The standard InChI is InChI=1S/C18H18ClF3N2O3/c19-17(23,11-25)16(26)24-14-4-6-15(7-5-14)27-9-8-12-2-1-3-13(10-12)18(20,21)22/h1-7,10,25H,8-9,11,23H2,(H,24,26)/t17-/m0/s1. The summed E-state index contributed by atoms with van der Waals surface area (Å²) in [7, 11) is 0. The van der Waals surface area contributed by atoms with Crippen LogP contribution in [0.4, 0.5) is 18.9 Å². The number of carbonyl (C=O) groups is 1. The lowest BCUT2D eigenvalue weighted by Crippen LogP contribution is -2.49. The smallest absolute Gasteiger partial charge is 0.416 e. The normalized spacial score (nSPS) is 13.7. The number of aliphatic hydroxyl groups is 1. The van der Waals surface area contributed by atoms with Gasteiger partial charge < -0.3 is 20.9 Å². The van der Waals surface area contributed by atoms with Gasteiger partial charge >= 0.3 is 6.18 Å². The van der Waals surface area contributed by atoms with E-state index in [0.29, 0.717) is 23.4 Å². The third-order valence-corrected chi connectivity index (χ3v) is 3.92. The van der Waals surface area contributed by atoms with E-state index in [1.54, 1.807) is 30.3 Å². The zero-order chi connectivity index (χ0) is 20.1. The SMILES string of the molecule is N[C@@](Cl)(CO)C(=O)Nc1ccc(OCCc2cccc(C(F)(F)F)c2)cc1. The number of hydrogen-bond acceptors (Lipinski definition) is 4. The molecule has 5 nitrogen and oxygen atoms in total. The largest absolute Gasteiger partial charge is 0.493 e. The summed E-state index contributed by atoms with van der Waals surface area (Å²) in [6.07, 6.45) is -4.07. The predicted octanol–water partition coefficient (Wildman–Crippen LogP) is 3.15. The van der Waals surface area contributed by atoms with E-state index in [0.717, 1.165) is 12.1 Å². The second-order valence-electron chi connectivity index (χ2n) is 5.80. The van der Waals surface area contributed by atoms with Crippen LogP contribution in [0, 0.1) is 0 Å². The minimum Gasteiger partial charge on any atom is -0.493 e. The fraction of sp³-hybridized carbons (Fsp3) is 0.278. The maximum Gasteiger partial charge on any atom is 0.416 e. The first kappa shape index (κ1) is 21.0. The van der Waals surface area contributed by atoms with Crippen LogP contribution in [-0.2, 0) is 17.4 Å². The van der Waals surface area contributed by atoms with Crippen LogP contribution in [0.1, 0.15) is 11.1 Å². The highest BCUT2D eigenvalue weighted by molar-refractivity contribution is 6.36. The Morgan fingerprint density at radius 1 is 1.19 bits per heavy atom. The molecule has 0 bridgehead atoms. The Balaban J connectivity index is 1.88. The Morgan fingerprint density at radius 2 is 1.85 bits per heavy atom. The first-order valence-electron chi connectivity index (χ1n) is 7.91. The molecule has 4 N–H and O–H groups in total. The summed E-state index contributed by atoms with van der Waals surface area (Å²) in [5.41, 5.74) is 5.62. The molecule has 2 aromatic rings. The number of alkyl halides is 4. The maximum atomic E-state index is 12.7. The van der Waals surface area contributed by atoms with Crippen LogP contribution in [0.15, 0.2) is 48.5 Å². The number of hydrogen-bond donors (Lipinski definition) is 3. The summed E-state index contributed by atoms with van der Waals surface area (Å²) >= 11 is 5.64. The maximum absolute atomic E-state index is 12.7. The predicted molar refractivity (Wildman–Crippen MR) is 95.6 cm³/mol. The number of amides is 1. The summed E-state index contributed by atoms with van der Waals surface area (Å²) in [4.78, 5) is 9.82. The van der Waals surface area contributed by atoms with Crippen LogP contribution in [0.5, 0.6) is 5.75 Å². The second kappa shape index (κ2) is 8.60. The molecule has 0 saturated heterocycles. The van der Waals surface area contributed by atoms with Gasteiger partial charge in [0, 0.05) is 12.1 Å². The first-order chi connectivity index (χ1) is 12.6. The minimum atomic E-state index is -4.38. The number of ether oxygens (including phenoxy) is 1. The van der Waals surface area contributed by atoms with Crippen molar-refractivity contribution in [3.8, 4) is 5.75 Å². The Hall–Kier alpha value is -2.29. The van der Waals surface area contributed by atoms with E-state index in [1.807, 2.05) is 0 Å². The molecule has 1 amide bonds. The van der Waals surface area contributed by atoms with E-state index < -0.39 is 29.3 Å².